The topological polar surface area (TPSA) is 44.7 Å². The van der Waals surface area contributed by atoms with Gasteiger partial charge in [0.05, 0.1) is 7.11 Å². The molecule has 2 N–H and O–H groups in total. The fourth-order valence-electron chi connectivity index (χ4n) is 3.15. The minimum Gasteiger partial charge on any atom is -0.504 e. The summed E-state index contributed by atoms with van der Waals surface area (Å²) in [5.74, 6) is 1.03. The van der Waals surface area contributed by atoms with Crippen molar-refractivity contribution in [3.63, 3.8) is 0 Å². The highest BCUT2D eigenvalue weighted by molar-refractivity contribution is 5.47. The third kappa shape index (κ3) is 3.97. The highest BCUT2D eigenvalue weighted by atomic mass is 19.1. The zero-order valence-corrected chi connectivity index (χ0v) is 13.8. The van der Waals surface area contributed by atoms with E-state index in [-0.39, 0.29) is 11.6 Å². The van der Waals surface area contributed by atoms with E-state index in [2.05, 4.69) is 10.2 Å². The maximum absolute atomic E-state index is 13.0. The van der Waals surface area contributed by atoms with Crippen LogP contribution in [0.25, 0.3) is 0 Å². The largest absolute Gasteiger partial charge is 0.504 e. The molecule has 0 saturated carbocycles. The molecule has 0 spiro atoms. The third-order valence-electron chi connectivity index (χ3n) is 4.48. The van der Waals surface area contributed by atoms with Crippen LogP contribution in [-0.4, -0.2) is 31.9 Å². The summed E-state index contributed by atoms with van der Waals surface area (Å²) in [7, 11) is 1.54. The summed E-state index contributed by atoms with van der Waals surface area (Å²) in [6, 6.07) is 12.2. The Morgan fingerprint density at radius 3 is 2.75 bits per heavy atom. The average Bonchev–Trinajstić information content (AvgIpc) is 3.04. The van der Waals surface area contributed by atoms with E-state index >= 15 is 0 Å². The van der Waals surface area contributed by atoms with Crippen molar-refractivity contribution in [2.75, 3.05) is 31.6 Å². The van der Waals surface area contributed by atoms with E-state index in [0.717, 1.165) is 37.3 Å². The number of hydrogen-bond acceptors (Lipinski definition) is 4. The molecule has 3 rings (SSSR count). The molecule has 24 heavy (non-hydrogen) atoms. The minimum absolute atomic E-state index is 0.167. The highest BCUT2D eigenvalue weighted by Gasteiger charge is 2.22. The molecule has 1 aliphatic heterocycles. The fourth-order valence-corrected chi connectivity index (χ4v) is 3.15. The Balaban J connectivity index is 1.46. The van der Waals surface area contributed by atoms with Gasteiger partial charge in [-0.05, 0) is 54.3 Å². The standard InChI is InChI=1S/C19H23FN2O2/c1-24-19-7-2-14(10-18(19)23)11-21-12-15-8-9-22(13-15)17-5-3-16(20)4-6-17/h2-7,10,15,21,23H,8-9,11-13H2,1H3/t15-/m0/s1. The first-order valence-electron chi connectivity index (χ1n) is 8.23. The van der Waals surface area contributed by atoms with Gasteiger partial charge >= 0.3 is 0 Å². The smallest absolute Gasteiger partial charge is 0.160 e. The summed E-state index contributed by atoms with van der Waals surface area (Å²) in [5.41, 5.74) is 2.11. The van der Waals surface area contributed by atoms with Gasteiger partial charge in [0, 0.05) is 31.9 Å². The van der Waals surface area contributed by atoms with Gasteiger partial charge in [-0.1, -0.05) is 6.07 Å². The van der Waals surface area contributed by atoms with Crippen LogP contribution in [-0.2, 0) is 6.54 Å². The van der Waals surface area contributed by atoms with E-state index in [9.17, 15) is 9.50 Å². The number of halogens is 1. The maximum atomic E-state index is 13.0. The summed E-state index contributed by atoms with van der Waals surface area (Å²) in [5, 5.41) is 13.2. The molecule has 1 heterocycles. The van der Waals surface area contributed by atoms with Gasteiger partial charge in [0.2, 0.25) is 0 Å². The van der Waals surface area contributed by atoms with Crippen molar-refractivity contribution in [2.24, 2.45) is 5.92 Å². The zero-order valence-electron chi connectivity index (χ0n) is 13.8. The molecule has 0 aromatic heterocycles. The molecule has 128 valence electrons. The summed E-state index contributed by atoms with van der Waals surface area (Å²) >= 11 is 0. The predicted octanol–water partition coefficient (Wildman–Crippen LogP) is 3.16. The van der Waals surface area contributed by atoms with E-state index in [1.807, 2.05) is 18.2 Å². The van der Waals surface area contributed by atoms with Gasteiger partial charge in [-0.15, -0.1) is 0 Å². The summed E-state index contributed by atoms with van der Waals surface area (Å²) < 4.78 is 18.0. The zero-order chi connectivity index (χ0) is 16.9. The van der Waals surface area contributed by atoms with Gasteiger partial charge < -0.3 is 20.1 Å². The first kappa shape index (κ1) is 16.6. The molecule has 0 aliphatic carbocycles. The first-order valence-corrected chi connectivity index (χ1v) is 8.23. The molecule has 5 heteroatoms. The molecule has 4 nitrogen and oxygen atoms in total. The lowest BCUT2D eigenvalue weighted by Gasteiger charge is -2.19. The first-order chi connectivity index (χ1) is 11.7. The quantitative estimate of drug-likeness (QED) is 0.854. The van der Waals surface area contributed by atoms with Crippen LogP contribution in [0, 0.1) is 11.7 Å². The number of anilines is 1. The van der Waals surface area contributed by atoms with Crippen LogP contribution in [0.15, 0.2) is 42.5 Å². The number of nitrogens with zero attached hydrogens (tertiary/aromatic N) is 1. The normalized spacial score (nSPS) is 17.2. The maximum Gasteiger partial charge on any atom is 0.160 e. The highest BCUT2D eigenvalue weighted by Crippen LogP contribution is 2.26. The predicted molar refractivity (Wildman–Crippen MR) is 93.1 cm³/mol. The average molecular weight is 330 g/mol. The molecule has 2 aromatic rings. The summed E-state index contributed by atoms with van der Waals surface area (Å²) in [6.07, 6.45) is 1.12. The van der Waals surface area contributed by atoms with Gasteiger partial charge in [-0.3, -0.25) is 0 Å². The minimum atomic E-state index is -0.195. The molecule has 2 aromatic carbocycles. The lowest BCUT2D eigenvalue weighted by molar-refractivity contribution is 0.373. The number of nitrogens with one attached hydrogen (secondary N) is 1. The van der Waals surface area contributed by atoms with Crippen LogP contribution < -0.4 is 15.0 Å². The molecule has 0 bridgehead atoms. The van der Waals surface area contributed by atoms with Crippen molar-refractivity contribution in [2.45, 2.75) is 13.0 Å². The van der Waals surface area contributed by atoms with E-state index in [0.29, 0.717) is 18.2 Å². The Kier molecular flexibility index (Phi) is 5.20. The molecular formula is C19H23FN2O2. The van der Waals surface area contributed by atoms with Gasteiger partial charge in [0.15, 0.2) is 11.5 Å². The second-order valence-corrected chi connectivity index (χ2v) is 6.21. The molecule has 0 radical (unpaired) electrons. The fraction of sp³-hybridized carbons (Fsp3) is 0.368. The van der Waals surface area contributed by atoms with Crippen molar-refractivity contribution in [1.29, 1.82) is 0 Å². The van der Waals surface area contributed by atoms with E-state index < -0.39 is 0 Å². The van der Waals surface area contributed by atoms with E-state index in [1.54, 1.807) is 19.2 Å². The molecule has 1 aliphatic rings. The Bertz CT molecular complexity index is 676. The molecule has 0 unspecified atom stereocenters. The number of rotatable bonds is 6. The third-order valence-corrected chi connectivity index (χ3v) is 4.48. The second kappa shape index (κ2) is 7.53. The molecule has 1 fully saturated rings. The molecule has 0 amide bonds. The van der Waals surface area contributed by atoms with Crippen LogP contribution in [0.3, 0.4) is 0 Å². The Morgan fingerprint density at radius 1 is 1.25 bits per heavy atom. The number of phenolic OH excluding ortho intramolecular Hbond substituents is 1. The molecular weight excluding hydrogens is 307 g/mol. The van der Waals surface area contributed by atoms with Crippen molar-refractivity contribution in [3.05, 3.63) is 53.8 Å². The van der Waals surface area contributed by atoms with E-state index in [4.69, 9.17) is 4.74 Å². The van der Waals surface area contributed by atoms with Crippen LogP contribution in [0.5, 0.6) is 11.5 Å². The van der Waals surface area contributed by atoms with Gasteiger partial charge in [-0.2, -0.15) is 0 Å². The number of hydrogen-bond donors (Lipinski definition) is 2. The second-order valence-electron chi connectivity index (χ2n) is 6.21. The van der Waals surface area contributed by atoms with Crippen molar-refractivity contribution >= 4 is 5.69 Å². The SMILES string of the molecule is COc1ccc(CNC[C@@H]2CCN(c3ccc(F)cc3)C2)cc1O. The monoisotopic (exact) mass is 330 g/mol. The Labute approximate surface area is 141 Å². The number of methoxy groups -OCH3 is 1. The summed E-state index contributed by atoms with van der Waals surface area (Å²) in [6.45, 7) is 3.61. The number of aromatic hydroxyl groups is 1. The Hall–Kier alpha value is -2.27. The lowest BCUT2D eigenvalue weighted by atomic mass is 10.1. The summed E-state index contributed by atoms with van der Waals surface area (Å²) in [4.78, 5) is 2.30. The van der Waals surface area contributed by atoms with Crippen molar-refractivity contribution in [3.8, 4) is 11.5 Å². The molecule has 1 saturated heterocycles. The van der Waals surface area contributed by atoms with Crippen LogP contribution in [0.1, 0.15) is 12.0 Å². The van der Waals surface area contributed by atoms with Gasteiger partial charge in [-0.25, -0.2) is 4.39 Å². The number of ether oxygens (including phenoxy) is 1. The Morgan fingerprint density at radius 2 is 2.04 bits per heavy atom. The van der Waals surface area contributed by atoms with Crippen molar-refractivity contribution < 1.29 is 14.2 Å². The van der Waals surface area contributed by atoms with Crippen LogP contribution in [0.2, 0.25) is 0 Å². The molecule has 1 atom stereocenters. The van der Waals surface area contributed by atoms with Gasteiger partial charge in [0.1, 0.15) is 5.82 Å². The van der Waals surface area contributed by atoms with Crippen molar-refractivity contribution in [1.82, 2.24) is 5.32 Å². The number of benzene rings is 2. The van der Waals surface area contributed by atoms with Crippen LogP contribution in [0.4, 0.5) is 10.1 Å². The lowest BCUT2D eigenvalue weighted by Crippen LogP contribution is -2.26. The van der Waals surface area contributed by atoms with Crippen LogP contribution >= 0.6 is 0 Å². The number of phenols is 1. The van der Waals surface area contributed by atoms with E-state index in [1.165, 1.54) is 12.1 Å². The van der Waals surface area contributed by atoms with Gasteiger partial charge in [0.25, 0.3) is 0 Å².